The third kappa shape index (κ3) is 5.72. The van der Waals surface area contributed by atoms with Crippen molar-refractivity contribution in [2.24, 2.45) is 5.92 Å². The second kappa shape index (κ2) is 11.3. The molecule has 42 heavy (non-hydrogen) atoms. The van der Waals surface area contributed by atoms with E-state index in [-0.39, 0.29) is 28.9 Å². The van der Waals surface area contributed by atoms with Crippen LogP contribution in [0.2, 0.25) is 18.1 Å². The normalized spacial score (nSPS) is 19.5. The summed E-state index contributed by atoms with van der Waals surface area (Å²) in [6.45, 7) is 17.8. The molecule has 1 saturated carbocycles. The maximum atomic E-state index is 12.1. The van der Waals surface area contributed by atoms with E-state index >= 15 is 0 Å². The average Bonchev–Trinajstić information content (AvgIpc) is 3.62. The highest BCUT2D eigenvalue weighted by atomic mass is 28.4. The lowest BCUT2D eigenvalue weighted by Gasteiger charge is -2.36. The summed E-state index contributed by atoms with van der Waals surface area (Å²) in [6, 6.07) is 18.9. The number of benzene rings is 3. The van der Waals surface area contributed by atoms with Gasteiger partial charge in [-0.05, 0) is 128 Å². The van der Waals surface area contributed by atoms with Crippen LogP contribution < -0.4 is 9.16 Å². The Balaban J connectivity index is 1.39. The number of nitrogens with zero attached hydrogens (tertiary/aromatic N) is 1. The van der Waals surface area contributed by atoms with Gasteiger partial charge in [0.05, 0.1) is 24.2 Å². The van der Waals surface area contributed by atoms with Gasteiger partial charge in [-0.15, -0.1) is 0 Å². The van der Waals surface area contributed by atoms with E-state index in [1.165, 1.54) is 5.56 Å². The van der Waals surface area contributed by atoms with Crippen LogP contribution in [-0.2, 0) is 16.0 Å². The number of aryl methyl sites for hydroxylation is 2. The average molecular weight is 582 g/mol. The molecule has 1 fully saturated rings. The van der Waals surface area contributed by atoms with Crippen molar-refractivity contribution in [1.29, 1.82) is 5.26 Å². The van der Waals surface area contributed by atoms with E-state index in [1.807, 2.05) is 25.1 Å². The van der Waals surface area contributed by atoms with E-state index in [0.29, 0.717) is 12.2 Å². The van der Waals surface area contributed by atoms with Crippen molar-refractivity contribution in [3.05, 3.63) is 81.9 Å². The van der Waals surface area contributed by atoms with Crippen LogP contribution in [0.1, 0.15) is 85.9 Å². The quantitative estimate of drug-likeness (QED) is 0.196. The van der Waals surface area contributed by atoms with Gasteiger partial charge in [0.25, 0.3) is 0 Å². The maximum Gasteiger partial charge on any atom is 0.309 e. The van der Waals surface area contributed by atoms with Crippen molar-refractivity contribution < 1.29 is 18.7 Å². The molecule has 5 nitrogen and oxygen atoms in total. The third-order valence-corrected chi connectivity index (χ3v) is 13.7. The summed E-state index contributed by atoms with van der Waals surface area (Å²) >= 11 is 0. The Morgan fingerprint density at radius 1 is 1.00 bits per heavy atom. The van der Waals surface area contributed by atoms with Crippen LogP contribution >= 0.6 is 0 Å². The lowest BCUT2D eigenvalue weighted by Crippen LogP contribution is -2.43. The molecular weight excluding hydrogens is 538 g/mol. The predicted octanol–water partition coefficient (Wildman–Crippen LogP) is 8.96. The molecule has 0 saturated heterocycles. The van der Waals surface area contributed by atoms with Gasteiger partial charge in [0, 0.05) is 5.56 Å². The Labute approximate surface area is 252 Å². The number of ether oxygens (including phenoxy) is 2. The lowest BCUT2D eigenvalue weighted by molar-refractivity contribution is -0.144. The largest absolute Gasteiger partial charge is 0.543 e. The van der Waals surface area contributed by atoms with Gasteiger partial charge in [0.1, 0.15) is 17.6 Å². The molecule has 3 aromatic rings. The highest BCUT2D eigenvalue weighted by molar-refractivity contribution is 6.74. The Morgan fingerprint density at radius 3 is 2.26 bits per heavy atom. The Morgan fingerprint density at radius 2 is 1.67 bits per heavy atom. The zero-order valence-corrected chi connectivity index (χ0v) is 27.3. The van der Waals surface area contributed by atoms with E-state index in [4.69, 9.17) is 13.9 Å². The van der Waals surface area contributed by atoms with Crippen LogP contribution in [0.25, 0.3) is 11.1 Å². The van der Waals surface area contributed by atoms with E-state index in [2.05, 4.69) is 84.1 Å². The fourth-order valence-electron chi connectivity index (χ4n) is 6.02. The summed E-state index contributed by atoms with van der Waals surface area (Å²) in [4.78, 5) is 12.1. The van der Waals surface area contributed by atoms with Gasteiger partial charge < -0.3 is 13.9 Å². The topological polar surface area (TPSA) is 68.5 Å². The molecule has 0 heterocycles. The Hall–Kier alpha value is -3.56. The number of hydrogen-bond acceptors (Lipinski definition) is 5. The SMILES string of the molecule is CCOC(=O)[C@@H]1C[C@H]1c1ccc(O[C@@H]2CCc3c2ccc(C#N)c3-c2c(C)cc(O[Si](C)(C)C(C)(C)C)cc2C)cc1. The zero-order valence-electron chi connectivity index (χ0n) is 26.3. The van der Waals surface area contributed by atoms with Gasteiger partial charge in [-0.1, -0.05) is 39.0 Å². The number of esters is 1. The van der Waals surface area contributed by atoms with Crippen LogP contribution in [0.3, 0.4) is 0 Å². The first-order valence-electron chi connectivity index (χ1n) is 15.1. The molecule has 2 aliphatic rings. The summed E-state index contributed by atoms with van der Waals surface area (Å²) in [7, 11) is -1.98. The first-order valence-corrected chi connectivity index (χ1v) is 18.0. The lowest BCUT2D eigenvalue weighted by atomic mass is 9.87. The van der Waals surface area contributed by atoms with Crippen molar-refractivity contribution in [3.63, 3.8) is 0 Å². The van der Waals surface area contributed by atoms with Crippen LogP contribution in [0.4, 0.5) is 0 Å². The van der Waals surface area contributed by atoms with E-state index in [9.17, 15) is 10.1 Å². The van der Waals surface area contributed by atoms with Crippen molar-refractivity contribution in [1.82, 2.24) is 0 Å². The molecule has 6 heteroatoms. The number of rotatable bonds is 8. The minimum atomic E-state index is -1.98. The number of nitriles is 1. The number of carbonyl (C=O) groups is 1. The van der Waals surface area contributed by atoms with Gasteiger partial charge in [-0.3, -0.25) is 4.79 Å². The molecule has 0 spiro atoms. The highest BCUT2D eigenvalue weighted by Gasteiger charge is 2.45. The first kappa shape index (κ1) is 29.9. The summed E-state index contributed by atoms with van der Waals surface area (Å²) in [5.74, 6) is 1.85. The van der Waals surface area contributed by atoms with Crippen molar-refractivity contribution in [3.8, 4) is 28.7 Å². The number of fused-ring (bicyclic) bond motifs is 1. The highest BCUT2D eigenvalue weighted by Crippen LogP contribution is 2.49. The molecule has 0 N–H and O–H groups in total. The van der Waals surface area contributed by atoms with Gasteiger partial charge in [0.2, 0.25) is 8.32 Å². The Bertz CT molecular complexity index is 1520. The fraction of sp³-hybridized carbons (Fsp3) is 0.444. The maximum absolute atomic E-state index is 12.1. The van der Waals surface area contributed by atoms with Crippen molar-refractivity contribution >= 4 is 14.3 Å². The summed E-state index contributed by atoms with van der Waals surface area (Å²) in [6.07, 6.45) is 2.48. The van der Waals surface area contributed by atoms with E-state index in [0.717, 1.165) is 64.1 Å². The third-order valence-electron chi connectivity index (χ3n) is 9.37. The van der Waals surface area contributed by atoms with Gasteiger partial charge >= 0.3 is 5.97 Å². The standard InChI is InChI=1S/C36H43NO4Si/c1-9-39-35(38)31-20-30(31)24-10-13-26(14-11-24)40-32-17-16-29-28(32)15-12-25(21-37)34(29)33-22(2)18-27(19-23(33)3)41-42(7,8)36(4,5)6/h10-15,18-19,30-32H,9,16-17,20H2,1-8H3/t30-,31+,32+/m0/s1. The molecule has 0 bridgehead atoms. The Kier molecular flexibility index (Phi) is 8.02. The molecule has 0 radical (unpaired) electrons. The van der Waals surface area contributed by atoms with E-state index in [1.54, 1.807) is 0 Å². The second-order valence-electron chi connectivity index (χ2n) is 13.4. The van der Waals surface area contributed by atoms with Gasteiger partial charge in [-0.25, -0.2) is 0 Å². The second-order valence-corrected chi connectivity index (χ2v) is 18.1. The molecule has 0 aromatic heterocycles. The van der Waals surface area contributed by atoms with Crippen LogP contribution in [0, 0.1) is 31.1 Å². The van der Waals surface area contributed by atoms with Crippen LogP contribution in [-0.4, -0.2) is 20.9 Å². The minimum absolute atomic E-state index is 0.0224. The molecule has 2 aliphatic carbocycles. The van der Waals surface area contributed by atoms with Crippen LogP contribution in [0.5, 0.6) is 11.5 Å². The first-order chi connectivity index (χ1) is 19.8. The predicted molar refractivity (Wildman–Crippen MR) is 170 cm³/mol. The number of carbonyl (C=O) groups excluding carboxylic acids is 1. The molecule has 220 valence electrons. The summed E-state index contributed by atoms with van der Waals surface area (Å²) < 4.78 is 18.3. The monoisotopic (exact) mass is 581 g/mol. The molecule has 5 rings (SSSR count). The molecule has 0 amide bonds. The fourth-order valence-corrected chi connectivity index (χ4v) is 7.04. The molecule has 3 atom stereocenters. The molecule has 3 aromatic carbocycles. The number of hydrogen-bond donors (Lipinski definition) is 0. The minimum Gasteiger partial charge on any atom is -0.543 e. The van der Waals surface area contributed by atoms with Crippen molar-refractivity contribution in [2.75, 3.05) is 6.61 Å². The molecule has 0 unspecified atom stereocenters. The van der Waals surface area contributed by atoms with Gasteiger partial charge in [0.15, 0.2) is 0 Å². The zero-order chi connectivity index (χ0) is 30.4. The molecular formula is C36H43NO4Si. The van der Waals surface area contributed by atoms with Crippen molar-refractivity contribution in [2.45, 2.75) is 91.0 Å². The molecule has 0 aliphatic heterocycles. The van der Waals surface area contributed by atoms with Gasteiger partial charge in [-0.2, -0.15) is 5.26 Å². The summed E-state index contributed by atoms with van der Waals surface area (Å²) in [5, 5.41) is 10.2. The summed E-state index contributed by atoms with van der Waals surface area (Å²) in [5.41, 5.74) is 8.60. The van der Waals surface area contributed by atoms with Crippen LogP contribution in [0.15, 0.2) is 48.5 Å². The smallest absolute Gasteiger partial charge is 0.309 e. The van der Waals surface area contributed by atoms with E-state index < -0.39 is 8.32 Å².